The first kappa shape index (κ1) is 12.8. The molecule has 0 aliphatic rings. The maximum atomic E-state index is 10.8. The minimum absolute atomic E-state index is 0.188. The standard InChI is InChI=1S/C13H13BrN2O2/c1-8-12(14)9(2)16(15-8)7-10-4-3-5-11(6-10)13(17)18/h3-6H,7H2,1-2H3,(H,17,18)/p-1. The lowest BCUT2D eigenvalue weighted by atomic mass is 10.1. The van der Waals surface area contributed by atoms with Gasteiger partial charge in [0.05, 0.1) is 28.4 Å². The Labute approximate surface area is 113 Å². The number of hydrogen-bond acceptors (Lipinski definition) is 3. The van der Waals surface area contributed by atoms with Gasteiger partial charge in [-0.25, -0.2) is 0 Å². The Morgan fingerprint density at radius 2 is 2.17 bits per heavy atom. The first-order chi connectivity index (χ1) is 8.49. The van der Waals surface area contributed by atoms with Gasteiger partial charge in [-0.1, -0.05) is 18.2 Å². The highest BCUT2D eigenvalue weighted by Crippen LogP contribution is 2.20. The summed E-state index contributed by atoms with van der Waals surface area (Å²) in [6.45, 7) is 4.43. The number of carboxylic acids is 1. The number of hydrogen-bond donors (Lipinski definition) is 0. The molecule has 0 saturated heterocycles. The number of carbonyl (C=O) groups is 1. The Hall–Kier alpha value is -1.62. The zero-order valence-corrected chi connectivity index (χ0v) is 11.7. The van der Waals surface area contributed by atoms with Crippen molar-refractivity contribution in [3.8, 4) is 0 Å². The molecule has 4 nitrogen and oxygen atoms in total. The van der Waals surface area contributed by atoms with Crippen LogP contribution in [0.4, 0.5) is 0 Å². The number of aromatic nitrogens is 2. The first-order valence-corrected chi connectivity index (χ1v) is 6.28. The normalized spacial score (nSPS) is 10.6. The summed E-state index contributed by atoms with van der Waals surface area (Å²) < 4.78 is 2.83. The minimum Gasteiger partial charge on any atom is -0.545 e. The quantitative estimate of drug-likeness (QED) is 0.867. The van der Waals surface area contributed by atoms with Crippen molar-refractivity contribution >= 4 is 21.9 Å². The molecule has 0 bridgehead atoms. The fraction of sp³-hybridized carbons (Fsp3) is 0.231. The van der Waals surface area contributed by atoms with E-state index in [-0.39, 0.29) is 5.56 Å². The molecule has 0 saturated carbocycles. The van der Waals surface area contributed by atoms with Crippen molar-refractivity contribution in [3.63, 3.8) is 0 Å². The lowest BCUT2D eigenvalue weighted by Crippen LogP contribution is -2.22. The monoisotopic (exact) mass is 307 g/mol. The summed E-state index contributed by atoms with van der Waals surface area (Å²) in [5.74, 6) is -1.16. The summed E-state index contributed by atoms with van der Waals surface area (Å²) in [5.41, 5.74) is 3.01. The number of benzene rings is 1. The van der Waals surface area contributed by atoms with Crippen LogP contribution in [-0.4, -0.2) is 15.7 Å². The lowest BCUT2D eigenvalue weighted by Gasteiger charge is -2.07. The lowest BCUT2D eigenvalue weighted by molar-refractivity contribution is -0.255. The van der Waals surface area contributed by atoms with Gasteiger partial charge in [-0.2, -0.15) is 5.10 Å². The number of halogens is 1. The highest BCUT2D eigenvalue weighted by molar-refractivity contribution is 9.10. The molecular weight excluding hydrogens is 296 g/mol. The third-order valence-electron chi connectivity index (χ3n) is 2.79. The Morgan fingerprint density at radius 3 is 2.72 bits per heavy atom. The summed E-state index contributed by atoms with van der Waals surface area (Å²) in [7, 11) is 0. The highest BCUT2D eigenvalue weighted by atomic mass is 79.9. The van der Waals surface area contributed by atoms with E-state index in [4.69, 9.17) is 0 Å². The van der Waals surface area contributed by atoms with Gasteiger partial charge in [0.1, 0.15) is 0 Å². The molecule has 0 unspecified atom stereocenters. The average Bonchev–Trinajstić information content (AvgIpc) is 2.57. The number of nitrogens with zero attached hydrogens (tertiary/aromatic N) is 2. The van der Waals surface area contributed by atoms with Gasteiger partial charge in [-0.05, 0) is 47.0 Å². The van der Waals surface area contributed by atoms with Crippen LogP contribution in [0.1, 0.15) is 27.3 Å². The van der Waals surface area contributed by atoms with E-state index in [0.717, 1.165) is 21.4 Å². The number of rotatable bonds is 3. The summed E-state index contributed by atoms with van der Waals surface area (Å²) in [6.07, 6.45) is 0. The molecule has 0 aliphatic carbocycles. The smallest absolute Gasteiger partial charge is 0.0738 e. The topological polar surface area (TPSA) is 58.0 Å². The van der Waals surface area contributed by atoms with Crippen LogP contribution in [0.15, 0.2) is 28.7 Å². The van der Waals surface area contributed by atoms with Crippen LogP contribution in [0.3, 0.4) is 0 Å². The van der Waals surface area contributed by atoms with E-state index in [1.807, 2.05) is 24.6 Å². The zero-order chi connectivity index (χ0) is 13.3. The molecule has 1 heterocycles. The van der Waals surface area contributed by atoms with E-state index in [9.17, 15) is 9.90 Å². The molecular formula is C13H12BrN2O2-. The van der Waals surface area contributed by atoms with Crippen LogP contribution in [0.25, 0.3) is 0 Å². The van der Waals surface area contributed by atoms with E-state index in [1.165, 1.54) is 6.07 Å². The molecule has 94 valence electrons. The van der Waals surface area contributed by atoms with Gasteiger partial charge in [-0.3, -0.25) is 4.68 Å². The van der Waals surface area contributed by atoms with Gasteiger partial charge < -0.3 is 9.90 Å². The minimum atomic E-state index is -1.16. The molecule has 2 rings (SSSR count). The number of aromatic carboxylic acids is 1. The van der Waals surface area contributed by atoms with Crippen molar-refractivity contribution in [2.75, 3.05) is 0 Å². The van der Waals surface area contributed by atoms with Crippen LogP contribution in [0.5, 0.6) is 0 Å². The van der Waals surface area contributed by atoms with Crippen molar-refractivity contribution in [1.82, 2.24) is 9.78 Å². The van der Waals surface area contributed by atoms with Crippen molar-refractivity contribution in [2.24, 2.45) is 0 Å². The maximum absolute atomic E-state index is 10.8. The molecule has 5 heteroatoms. The predicted molar refractivity (Wildman–Crippen MR) is 69.3 cm³/mol. The van der Waals surface area contributed by atoms with Crippen LogP contribution < -0.4 is 5.11 Å². The first-order valence-electron chi connectivity index (χ1n) is 5.49. The molecule has 18 heavy (non-hydrogen) atoms. The van der Waals surface area contributed by atoms with E-state index in [1.54, 1.807) is 12.1 Å². The van der Waals surface area contributed by atoms with Crippen LogP contribution in [-0.2, 0) is 6.54 Å². The van der Waals surface area contributed by atoms with Crippen LogP contribution in [0.2, 0.25) is 0 Å². The molecule has 1 aromatic heterocycles. The van der Waals surface area contributed by atoms with Gasteiger partial charge >= 0.3 is 0 Å². The van der Waals surface area contributed by atoms with Crippen molar-refractivity contribution in [1.29, 1.82) is 0 Å². The summed E-state index contributed by atoms with van der Waals surface area (Å²) in [6, 6.07) is 6.72. The van der Waals surface area contributed by atoms with Gasteiger partial charge in [0.25, 0.3) is 0 Å². The fourth-order valence-corrected chi connectivity index (χ4v) is 2.08. The van der Waals surface area contributed by atoms with Crippen molar-refractivity contribution in [2.45, 2.75) is 20.4 Å². The molecule has 1 aromatic carbocycles. The Kier molecular flexibility index (Phi) is 3.52. The molecule has 0 spiro atoms. The Bertz CT molecular complexity index is 605. The average molecular weight is 308 g/mol. The third kappa shape index (κ3) is 2.46. The van der Waals surface area contributed by atoms with Gasteiger partial charge in [0, 0.05) is 0 Å². The second kappa shape index (κ2) is 4.94. The molecule has 0 radical (unpaired) electrons. The summed E-state index contributed by atoms with van der Waals surface area (Å²) in [4.78, 5) is 10.8. The van der Waals surface area contributed by atoms with Gasteiger partial charge in [0.2, 0.25) is 0 Å². The SMILES string of the molecule is Cc1nn(Cc2cccc(C(=O)[O-])c2)c(C)c1Br. The highest BCUT2D eigenvalue weighted by Gasteiger charge is 2.09. The van der Waals surface area contributed by atoms with Gasteiger partial charge in [-0.15, -0.1) is 0 Å². The Morgan fingerprint density at radius 1 is 1.44 bits per heavy atom. The third-order valence-corrected chi connectivity index (χ3v) is 3.94. The maximum Gasteiger partial charge on any atom is 0.0738 e. The van der Waals surface area contributed by atoms with E-state index >= 15 is 0 Å². The van der Waals surface area contributed by atoms with Gasteiger partial charge in [0.15, 0.2) is 0 Å². The van der Waals surface area contributed by atoms with E-state index in [2.05, 4.69) is 21.0 Å². The van der Waals surface area contributed by atoms with E-state index < -0.39 is 5.97 Å². The van der Waals surface area contributed by atoms with E-state index in [0.29, 0.717) is 6.54 Å². The molecule has 0 amide bonds. The number of carboxylic acid groups (broad SMARTS) is 1. The van der Waals surface area contributed by atoms with Crippen LogP contribution in [0, 0.1) is 13.8 Å². The Balaban J connectivity index is 2.31. The largest absolute Gasteiger partial charge is 0.545 e. The number of carbonyl (C=O) groups excluding carboxylic acids is 1. The second-order valence-electron chi connectivity index (χ2n) is 4.13. The van der Waals surface area contributed by atoms with Crippen molar-refractivity contribution in [3.05, 3.63) is 51.3 Å². The van der Waals surface area contributed by atoms with Crippen molar-refractivity contribution < 1.29 is 9.90 Å². The molecule has 0 atom stereocenters. The zero-order valence-electron chi connectivity index (χ0n) is 10.1. The predicted octanol–water partition coefficient (Wildman–Crippen LogP) is 1.67. The summed E-state index contributed by atoms with van der Waals surface area (Å²) in [5, 5.41) is 15.2. The molecule has 0 N–H and O–H groups in total. The number of aryl methyl sites for hydroxylation is 1. The van der Waals surface area contributed by atoms with Crippen LogP contribution >= 0.6 is 15.9 Å². The fourth-order valence-electron chi connectivity index (χ4n) is 1.80. The summed E-state index contributed by atoms with van der Waals surface area (Å²) >= 11 is 3.46. The molecule has 2 aromatic rings. The molecule has 0 aliphatic heterocycles. The molecule has 0 fully saturated rings. The second-order valence-corrected chi connectivity index (χ2v) is 4.92.